The van der Waals surface area contributed by atoms with Gasteiger partial charge < -0.3 is 20.3 Å². The van der Waals surface area contributed by atoms with Crippen LogP contribution in [0.15, 0.2) is 18.2 Å². The maximum Gasteiger partial charge on any atom is 0.322 e. The van der Waals surface area contributed by atoms with E-state index in [1.165, 1.54) is 6.42 Å². The van der Waals surface area contributed by atoms with Gasteiger partial charge in [-0.2, -0.15) is 0 Å². The molecule has 0 radical (unpaired) electrons. The lowest BCUT2D eigenvalue weighted by molar-refractivity contribution is 0.0748. The van der Waals surface area contributed by atoms with Crippen molar-refractivity contribution in [2.24, 2.45) is 0 Å². The number of likely N-dealkylation sites (tertiary alicyclic amines) is 1. The number of hydrogen-bond donors (Lipinski definition) is 2. The van der Waals surface area contributed by atoms with Gasteiger partial charge in [0, 0.05) is 43.8 Å². The van der Waals surface area contributed by atoms with Gasteiger partial charge in [0.2, 0.25) is 0 Å². The molecule has 1 aromatic rings. The maximum atomic E-state index is 13.0. The van der Waals surface area contributed by atoms with E-state index in [1.807, 2.05) is 4.90 Å². The molecule has 3 aliphatic rings. The summed E-state index contributed by atoms with van der Waals surface area (Å²) in [5, 5.41) is 6.38. The summed E-state index contributed by atoms with van der Waals surface area (Å²) in [6.45, 7) is 2.70. The van der Waals surface area contributed by atoms with E-state index < -0.39 is 0 Å². The molecule has 0 aliphatic carbocycles. The molecule has 134 valence electrons. The van der Waals surface area contributed by atoms with Crippen LogP contribution in [0.4, 0.5) is 10.5 Å². The molecule has 0 aromatic heterocycles. The molecule has 3 amide bonds. The van der Waals surface area contributed by atoms with E-state index in [0.717, 1.165) is 25.9 Å². The average Bonchev–Trinajstić information content (AvgIpc) is 3.18. The van der Waals surface area contributed by atoms with Crippen molar-refractivity contribution in [2.45, 2.75) is 31.3 Å². The summed E-state index contributed by atoms with van der Waals surface area (Å²) in [4.78, 5) is 28.6. The third-order valence-electron chi connectivity index (χ3n) is 5.38. The second kappa shape index (κ2) is 6.55. The third kappa shape index (κ3) is 3.04. The molecular weight excluding hydrogens is 320 g/mol. The molecule has 3 saturated heterocycles. The summed E-state index contributed by atoms with van der Waals surface area (Å²) >= 11 is 0. The maximum absolute atomic E-state index is 13.0. The van der Waals surface area contributed by atoms with Gasteiger partial charge in [-0.25, -0.2) is 4.79 Å². The molecule has 2 N–H and O–H groups in total. The Kier molecular flexibility index (Phi) is 4.25. The fourth-order valence-electron chi connectivity index (χ4n) is 4.05. The van der Waals surface area contributed by atoms with E-state index in [-0.39, 0.29) is 11.9 Å². The third-order valence-corrected chi connectivity index (χ3v) is 5.38. The molecular formula is C18H24N4O3. The van der Waals surface area contributed by atoms with Crippen LogP contribution in [0.3, 0.4) is 0 Å². The average molecular weight is 344 g/mol. The van der Waals surface area contributed by atoms with Crippen LogP contribution < -0.4 is 20.3 Å². The Morgan fingerprint density at radius 2 is 2.04 bits per heavy atom. The molecule has 0 spiro atoms. The predicted molar refractivity (Wildman–Crippen MR) is 94.2 cm³/mol. The summed E-state index contributed by atoms with van der Waals surface area (Å²) in [6, 6.07) is 6.13. The quantitative estimate of drug-likeness (QED) is 0.864. The van der Waals surface area contributed by atoms with Crippen LogP contribution in [0, 0.1) is 0 Å². The van der Waals surface area contributed by atoms with Crippen LogP contribution >= 0.6 is 0 Å². The molecule has 7 nitrogen and oxygen atoms in total. The summed E-state index contributed by atoms with van der Waals surface area (Å²) < 4.78 is 5.39. The summed E-state index contributed by atoms with van der Waals surface area (Å²) in [5.74, 6) is 0.628. The molecule has 0 saturated carbocycles. The number of nitrogens with one attached hydrogen (secondary N) is 2. The van der Waals surface area contributed by atoms with Gasteiger partial charge in [0.05, 0.1) is 12.8 Å². The summed E-state index contributed by atoms with van der Waals surface area (Å²) in [7, 11) is 1.57. The van der Waals surface area contributed by atoms with Crippen LogP contribution in [0.1, 0.15) is 29.6 Å². The number of rotatable bonds is 3. The van der Waals surface area contributed by atoms with Crippen LogP contribution in [0.25, 0.3) is 0 Å². The van der Waals surface area contributed by atoms with Crippen molar-refractivity contribution in [3.63, 3.8) is 0 Å². The Morgan fingerprint density at radius 1 is 1.20 bits per heavy atom. The molecule has 2 bridgehead atoms. The zero-order chi connectivity index (χ0) is 17.4. The highest BCUT2D eigenvalue weighted by Gasteiger charge is 2.32. The van der Waals surface area contributed by atoms with Gasteiger partial charge in [0.15, 0.2) is 0 Å². The molecule has 3 aliphatic heterocycles. The van der Waals surface area contributed by atoms with Gasteiger partial charge in [-0.15, -0.1) is 0 Å². The van der Waals surface area contributed by atoms with E-state index in [2.05, 4.69) is 10.6 Å². The minimum atomic E-state index is -0.154. The van der Waals surface area contributed by atoms with Crippen LogP contribution in [0.5, 0.6) is 5.75 Å². The molecule has 3 fully saturated rings. The first-order valence-corrected chi connectivity index (χ1v) is 8.94. The monoisotopic (exact) mass is 344 g/mol. The lowest BCUT2D eigenvalue weighted by Gasteiger charge is -2.25. The zero-order valence-electron chi connectivity index (χ0n) is 14.5. The highest BCUT2D eigenvalue weighted by molar-refractivity contribution is 6.00. The lowest BCUT2D eigenvalue weighted by atomic mass is 10.1. The van der Waals surface area contributed by atoms with E-state index in [0.29, 0.717) is 42.2 Å². The second-order valence-electron chi connectivity index (χ2n) is 6.95. The molecule has 7 heteroatoms. The second-order valence-corrected chi connectivity index (χ2v) is 6.95. The summed E-state index contributed by atoms with van der Waals surface area (Å²) in [6.07, 6.45) is 3.35. The zero-order valence-corrected chi connectivity index (χ0v) is 14.5. The Labute approximate surface area is 147 Å². The van der Waals surface area contributed by atoms with Crippen molar-refractivity contribution < 1.29 is 14.3 Å². The van der Waals surface area contributed by atoms with E-state index in [1.54, 1.807) is 30.2 Å². The van der Waals surface area contributed by atoms with Gasteiger partial charge in [-0.3, -0.25) is 9.69 Å². The molecule has 1 aromatic carbocycles. The number of urea groups is 1. The van der Waals surface area contributed by atoms with Gasteiger partial charge in [-0.1, -0.05) is 0 Å². The van der Waals surface area contributed by atoms with Crippen molar-refractivity contribution >= 4 is 17.6 Å². The number of methoxy groups -OCH3 is 1. The first kappa shape index (κ1) is 16.2. The van der Waals surface area contributed by atoms with Crippen LogP contribution in [-0.2, 0) is 0 Å². The Balaban J connectivity index is 1.59. The fourth-order valence-corrected chi connectivity index (χ4v) is 4.05. The Bertz CT molecular complexity index is 693. The van der Waals surface area contributed by atoms with Crippen molar-refractivity contribution in [3.8, 4) is 5.75 Å². The highest BCUT2D eigenvalue weighted by Crippen LogP contribution is 2.31. The van der Waals surface area contributed by atoms with E-state index in [9.17, 15) is 9.59 Å². The van der Waals surface area contributed by atoms with E-state index in [4.69, 9.17) is 4.74 Å². The van der Waals surface area contributed by atoms with Crippen LogP contribution in [0.2, 0.25) is 0 Å². The Hall–Kier alpha value is -2.28. The number of fused-ring (bicyclic) bond motifs is 2. The van der Waals surface area contributed by atoms with Crippen LogP contribution in [-0.4, -0.2) is 62.2 Å². The predicted octanol–water partition coefficient (Wildman–Crippen LogP) is 1.19. The normalized spacial score (nSPS) is 25.7. The molecule has 3 heterocycles. The van der Waals surface area contributed by atoms with Crippen molar-refractivity contribution in [1.82, 2.24) is 15.5 Å². The van der Waals surface area contributed by atoms with Crippen molar-refractivity contribution in [2.75, 3.05) is 38.2 Å². The molecule has 2 atom stereocenters. The highest BCUT2D eigenvalue weighted by atomic mass is 16.5. The number of benzene rings is 1. The van der Waals surface area contributed by atoms with Gasteiger partial charge in [0.25, 0.3) is 5.91 Å². The number of anilines is 1. The number of nitrogens with zero attached hydrogens (tertiary/aromatic N) is 2. The number of carbonyl (C=O) groups excluding carboxylic acids is 2. The first-order chi connectivity index (χ1) is 12.2. The number of amides is 3. The van der Waals surface area contributed by atoms with Crippen molar-refractivity contribution in [1.29, 1.82) is 0 Å². The molecule has 2 unspecified atom stereocenters. The van der Waals surface area contributed by atoms with Gasteiger partial charge in [-0.05, 0) is 37.5 Å². The van der Waals surface area contributed by atoms with Crippen molar-refractivity contribution in [3.05, 3.63) is 23.8 Å². The topological polar surface area (TPSA) is 73.9 Å². The van der Waals surface area contributed by atoms with Gasteiger partial charge in [0.1, 0.15) is 5.75 Å². The number of carbonyl (C=O) groups is 2. The van der Waals surface area contributed by atoms with E-state index >= 15 is 0 Å². The Morgan fingerprint density at radius 3 is 2.80 bits per heavy atom. The standard InChI is InChI=1S/C18H24N4O3/c1-25-16-5-2-12(10-15(16)22-9-7-19-18(22)24)17(23)21-8-6-13-3-4-14(11-21)20-13/h2,5,10,13-14,20H,3-4,6-9,11H2,1H3,(H,19,24). The summed E-state index contributed by atoms with van der Waals surface area (Å²) in [5.41, 5.74) is 1.26. The fraction of sp³-hybridized carbons (Fsp3) is 0.556. The first-order valence-electron chi connectivity index (χ1n) is 8.94. The lowest BCUT2D eigenvalue weighted by Crippen LogP contribution is -2.39. The SMILES string of the molecule is COc1ccc(C(=O)N2CCC3CCC(C2)N3)cc1N1CCNC1=O. The number of hydrogen-bond acceptors (Lipinski definition) is 4. The number of ether oxygens (including phenoxy) is 1. The minimum Gasteiger partial charge on any atom is -0.495 e. The molecule has 25 heavy (non-hydrogen) atoms. The smallest absolute Gasteiger partial charge is 0.322 e. The van der Waals surface area contributed by atoms with Gasteiger partial charge >= 0.3 is 6.03 Å². The minimum absolute atomic E-state index is 0.0258. The largest absolute Gasteiger partial charge is 0.495 e. The molecule has 4 rings (SSSR count).